The van der Waals surface area contributed by atoms with Gasteiger partial charge >= 0.3 is 0 Å². The second kappa shape index (κ2) is 7.02. The lowest BCUT2D eigenvalue weighted by Gasteiger charge is -2.19. The first-order valence-corrected chi connectivity index (χ1v) is 10.3. The zero-order valence-corrected chi connectivity index (χ0v) is 16.0. The predicted octanol–water partition coefficient (Wildman–Crippen LogP) is 4.47. The number of hydrogen-bond acceptors (Lipinski definition) is 4. The molecule has 2 saturated carbocycles. The molecule has 4 nitrogen and oxygen atoms in total. The Morgan fingerprint density at radius 2 is 1.85 bits per heavy atom. The van der Waals surface area contributed by atoms with E-state index >= 15 is 0 Å². The van der Waals surface area contributed by atoms with E-state index < -0.39 is 0 Å². The van der Waals surface area contributed by atoms with Crippen molar-refractivity contribution in [3.63, 3.8) is 0 Å². The largest absolute Gasteiger partial charge is 0.366 e. The number of aromatic nitrogens is 2. The number of fused-ring (bicyclic) bond motifs is 1. The van der Waals surface area contributed by atoms with Crippen LogP contribution in [0.3, 0.4) is 0 Å². The van der Waals surface area contributed by atoms with Crippen molar-refractivity contribution in [2.24, 2.45) is 17.8 Å². The maximum atomic E-state index is 13.5. The van der Waals surface area contributed by atoms with Gasteiger partial charge in [0.15, 0.2) is 0 Å². The van der Waals surface area contributed by atoms with Gasteiger partial charge in [0.25, 0.3) is 0 Å². The van der Waals surface area contributed by atoms with Crippen LogP contribution in [0.15, 0.2) is 30.3 Å². The van der Waals surface area contributed by atoms with Crippen molar-refractivity contribution in [3.05, 3.63) is 41.2 Å². The molecule has 3 fully saturated rings. The lowest BCUT2D eigenvalue weighted by Crippen LogP contribution is -2.27. The lowest BCUT2D eigenvalue weighted by atomic mass is 10.0. The Kier molecular flexibility index (Phi) is 4.52. The standard InChI is InChI=1S/C21H24ClFN4/c22-19-4-3-16(23)9-18(19)20-5-6-21(26-25-20)24-17-7-14-11-27(10-13-1-2-13)12-15(14)8-17/h3-6,9,13-15,17H,1-2,7-8,10-12H2,(H,24,26)/t14-,15+,17?. The third-order valence-corrected chi connectivity index (χ3v) is 6.59. The van der Waals surface area contributed by atoms with E-state index in [-0.39, 0.29) is 5.82 Å². The summed E-state index contributed by atoms with van der Waals surface area (Å²) in [5, 5.41) is 12.6. The van der Waals surface area contributed by atoms with Crippen molar-refractivity contribution >= 4 is 17.4 Å². The van der Waals surface area contributed by atoms with Gasteiger partial charge in [-0.25, -0.2) is 4.39 Å². The summed E-state index contributed by atoms with van der Waals surface area (Å²) in [5.41, 5.74) is 1.16. The van der Waals surface area contributed by atoms with Gasteiger partial charge in [0.1, 0.15) is 11.6 Å². The molecule has 3 atom stereocenters. The van der Waals surface area contributed by atoms with E-state index in [0.29, 0.717) is 22.3 Å². The van der Waals surface area contributed by atoms with E-state index in [9.17, 15) is 4.39 Å². The maximum Gasteiger partial charge on any atom is 0.148 e. The summed E-state index contributed by atoms with van der Waals surface area (Å²) < 4.78 is 13.5. The van der Waals surface area contributed by atoms with Gasteiger partial charge in [0.2, 0.25) is 0 Å². The SMILES string of the molecule is Fc1ccc(Cl)c(-c2ccc(NC3C[C@@H]4CN(CC5CC5)C[C@@H]4C3)nn2)c1. The minimum absolute atomic E-state index is 0.327. The molecule has 3 aliphatic rings. The van der Waals surface area contributed by atoms with Crippen LogP contribution in [-0.4, -0.2) is 40.8 Å². The van der Waals surface area contributed by atoms with Gasteiger partial charge in [-0.15, -0.1) is 10.2 Å². The van der Waals surface area contributed by atoms with E-state index in [1.54, 1.807) is 6.07 Å². The summed E-state index contributed by atoms with van der Waals surface area (Å²) >= 11 is 6.16. The summed E-state index contributed by atoms with van der Waals surface area (Å²) in [6.45, 7) is 3.85. The Morgan fingerprint density at radius 1 is 1.07 bits per heavy atom. The van der Waals surface area contributed by atoms with Crippen LogP contribution in [0.4, 0.5) is 10.2 Å². The van der Waals surface area contributed by atoms with Crippen molar-refractivity contribution in [1.29, 1.82) is 0 Å². The number of benzene rings is 1. The Bertz CT molecular complexity index is 809. The summed E-state index contributed by atoms with van der Waals surface area (Å²) in [6.07, 6.45) is 5.30. The first kappa shape index (κ1) is 17.4. The summed E-state index contributed by atoms with van der Waals surface area (Å²) in [7, 11) is 0. The molecule has 5 rings (SSSR count). The van der Waals surface area contributed by atoms with Crippen LogP contribution in [0.5, 0.6) is 0 Å². The number of nitrogens with zero attached hydrogens (tertiary/aromatic N) is 3. The van der Waals surface area contributed by atoms with E-state index in [0.717, 1.165) is 23.6 Å². The molecule has 0 bridgehead atoms. The first-order valence-electron chi connectivity index (χ1n) is 9.92. The van der Waals surface area contributed by atoms with Crippen molar-refractivity contribution in [3.8, 4) is 11.3 Å². The number of hydrogen-bond donors (Lipinski definition) is 1. The number of nitrogens with one attached hydrogen (secondary N) is 1. The number of anilines is 1. The van der Waals surface area contributed by atoms with Gasteiger partial charge in [-0.1, -0.05) is 11.6 Å². The molecule has 0 amide bonds. The molecule has 1 unspecified atom stereocenters. The van der Waals surface area contributed by atoms with Gasteiger partial charge in [-0.2, -0.15) is 0 Å². The van der Waals surface area contributed by atoms with Crippen LogP contribution in [0.25, 0.3) is 11.3 Å². The molecule has 1 aliphatic heterocycles. The third kappa shape index (κ3) is 3.81. The highest BCUT2D eigenvalue weighted by molar-refractivity contribution is 6.33. The highest BCUT2D eigenvalue weighted by Gasteiger charge is 2.42. The summed E-state index contributed by atoms with van der Waals surface area (Å²) in [6, 6.07) is 8.52. The zero-order valence-electron chi connectivity index (χ0n) is 15.2. The first-order chi connectivity index (χ1) is 13.1. The van der Waals surface area contributed by atoms with Crippen LogP contribution in [0, 0.1) is 23.6 Å². The number of likely N-dealkylation sites (tertiary alicyclic amines) is 1. The smallest absolute Gasteiger partial charge is 0.148 e. The second-order valence-corrected chi connectivity index (χ2v) is 8.83. The van der Waals surface area contributed by atoms with Gasteiger partial charge in [-0.3, -0.25) is 0 Å². The molecule has 1 aromatic carbocycles. The number of halogens is 2. The van der Waals surface area contributed by atoms with E-state index in [1.165, 1.54) is 57.5 Å². The highest BCUT2D eigenvalue weighted by atomic mass is 35.5. The molecule has 1 N–H and O–H groups in total. The molecule has 2 aliphatic carbocycles. The zero-order chi connectivity index (χ0) is 18.4. The van der Waals surface area contributed by atoms with Gasteiger partial charge in [-0.05, 0) is 73.8 Å². The van der Waals surface area contributed by atoms with Crippen molar-refractivity contribution < 1.29 is 4.39 Å². The Balaban J connectivity index is 1.19. The number of rotatable bonds is 5. The fourth-order valence-corrected chi connectivity index (χ4v) is 5.00. The molecule has 2 heterocycles. The predicted molar refractivity (Wildman–Crippen MR) is 105 cm³/mol. The quantitative estimate of drug-likeness (QED) is 0.823. The minimum Gasteiger partial charge on any atom is -0.366 e. The molecule has 2 aromatic rings. The molecule has 1 aromatic heterocycles. The average Bonchev–Trinajstić information content (AvgIpc) is 3.28. The Hall–Kier alpha value is -1.72. The van der Waals surface area contributed by atoms with Crippen LogP contribution in [-0.2, 0) is 0 Å². The highest BCUT2D eigenvalue weighted by Crippen LogP contribution is 2.41. The van der Waals surface area contributed by atoms with Crippen LogP contribution in [0.2, 0.25) is 5.02 Å². The molecule has 0 radical (unpaired) electrons. The molecular weight excluding hydrogens is 363 g/mol. The molecule has 1 saturated heterocycles. The topological polar surface area (TPSA) is 41.0 Å². The van der Waals surface area contributed by atoms with E-state index in [1.807, 2.05) is 12.1 Å². The van der Waals surface area contributed by atoms with Crippen LogP contribution in [0.1, 0.15) is 25.7 Å². The van der Waals surface area contributed by atoms with Crippen molar-refractivity contribution in [2.75, 3.05) is 25.0 Å². The maximum absolute atomic E-state index is 13.5. The summed E-state index contributed by atoms with van der Waals surface area (Å²) in [4.78, 5) is 2.68. The molecule has 0 spiro atoms. The normalized spacial score (nSPS) is 27.7. The van der Waals surface area contributed by atoms with Crippen LogP contribution < -0.4 is 5.32 Å². The Labute approximate surface area is 164 Å². The summed E-state index contributed by atoms with van der Waals surface area (Å²) in [5.74, 6) is 3.08. The second-order valence-electron chi connectivity index (χ2n) is 8.42. The fraction of sp³-hybridized carbons (Fsp3) is 0.524. The van der Waals surface area contributed by atoms with Crippen molar-refractivity contribution in [2.45, 2.75) is 31.7 Å². The van der Waals surface area contributed by atoms with E-state index in [2.05, 4.69) is 20.4 Å². The molecular formula is C21H24ClFN4. The van der Waals surface area contributed by atoms with Gasteiger partial charge < -0.3 is 10.2 Å². The fourth-order valence-electron chi connectivity index (χ4n) is 4.79. The van der Waals surface area contributed by atoms with Crippen LogP contribution >= 0.6 is 11.6 Å². The van der Waals surface area contributed by atoms with Gasteiger partial charge in [0, 0.05) is 31.2 Å². The average molecular weight is 387 g/mol. The molecule has 27 heavy (non-hydrogen) atoms. The van der Waals surface area contributed by atoms with E-state index in [4.69, 9.17) is 11.6 Å². The lowest BCUT2D eigenvalue weighted by molar-refractivity contribution is 0.296. The molecule has 142 valence electrons. The van der Waals surface area contributed by atoms with Gasteiger partial charge in [0.05, 0.1) is 10.7 Å². The minimum atomic E-state index is -0.327. The van der Waals surface area contributed by atoms with Crippen molar-refractivity contribution in [1.82, 2.24) is 15.1 Å². The monoisotopic (exact) mass is 386 g/mol. The third-order valence-electron chi connectivity index (χ3n) is 6.26. The molecule has 6 heteroatoms. The Morgan fingerprint density at radius 3 is 2.52 bits per heavy atom.